The van der Waals surface area contributed by atoms with Crippen LogP contribution in [-0.2, 0) is 4.74 Å². The third-order valence-electron chi connectivity index (χ3n) is 2.69. The van der Waals surface area contributed by atoms with Crippen LogP contribution in [0.3, 0.4) is 0 Å². The molecule has 0 heterocycles. The number of rotatable bonds is 8. The molecule has 4 heteroatoms. The molecule has 0 bridgehead atoms. The van der Waals surface area contributed by atoms with E-state index in [9.17, 15) is 0 Å². The molecule has 1 N–H and O–H groups in total. The second-order valence-corrected chi connectivity index (χ2v) is 4.00. The standard InChI is InChI=1S/C14H23NO3/c1-5-11(10-16-3)15-12-7-8-13(18-6-2)14(9-12)17-4/h7-9,11,15H,5-6,10H2,1-4H3. The number of methoxy groups -OCH3 is 2. The maximum atomic E-state index is 5.48. The molecule has 0 aromatic heterocycles. The number of hydrogen-bond donors (Lipinski definition) is 1. The Morgan fingerprint density at radius 2 is 1.94 bits per heavy atom. The normalized spacial score (nSPS) is 12.0. The van der Waals surface area contributed by atoms with E-state index in [1.165, 1.54) is 0 Å². The Hall–Kier alpha value is -1.42. The minimum Gasteiger partial charge on any atom is -0.493 e. The van der Waals surface area contributed by atoms with E-state index in [1.807, 2.05) is 25.1 Å². The predicted octanol–water partition coefficient (Wildman–Crippen LogP) is 2.93. The molecule has 0 aliphatic rings. The van der Waals surface area contributed by atoms with Gasteiger partial charge in [0.1, 0.15) is 0 Å². The minimum absolute atomic E-state index is 0.303. The molecule has 102 valence electrons. The van der Waals surface area contributed by atoms with E-state index in [-0.39, 0.29) is 0 Å². The quantitative estimate of drug-likeness (QED) is 0.773. The summed E-state index contributed by atoms with van der Waals surface area (Å²) in [7, 11) is 3.36. The first-order valence-electron chi connectivity index (χ1n) is 6.31. The van der Waals surface area contributed by atoms with E-state index in [2.05, 4.69) is 12.2 Å². The van der Waals surface area contributed by atoms with Gasteiger partial charge in [0, 0.05) is 24.9 Å². The summed E-state index contributed by atoms with van der Waals surface area (Å²) in [6, 6.07) is 6.16. The zero-order chi connectivity index (χ0) is 13.4. The fourth-order valence-electron chi connectivity index (χ4n) is 1.73. The number of ether oxygens (including phenoxy) is 3. The van der Waals surface area contributed by atoms with Crippen molar-refractivity contribution in [1.82, 2.24) is 0 Å². The SMILES string of the molecule is CCOc1ccc(NC(CC)COC)cc1OC. The molecule has 0 saturated carbocycles. The maximum Gasteiger partial charge on any atom is 0.162 e. The summed E-state index contributed by atoms with van der Waals surface area (Å²) in [5, 5.41) is 3.41. The van der Waals surface area contributed by atoms with Gasteiger partial charge in [-0.05, 0) is 25.5 Å². The van der Waals surface area contributed by atoms with Crippen molar-refractivity contribution >= 4 is 5.69 Å². The molecular weight excluding hydrogens is 230 g/mol. The molecule has 1 aromatic rings. The van der Waals surface area contributed by atoms with Crippen molar-refractivity contribution in [2.45, 2.75) is 26.3 Å². The highest BCUT2D eigenvalue weighted by Crippen LogP contribution is 2.30. The average molecular weight is 253 g/mol. The predicted molar refractivity (Wildman–Crippen MR) is 73.7 cm³/mol. The molecular formula is C14H23NO3. The lowest BCUT2D eigenvalue weighted by Gasteiger charge is -2.18. The highest BCUT2D eigenvalue weighted by Gasteiger charge is 2.09. The van der Waals surface area contributed by atoms with E-state index in [4.69, 9.17) is 14.2 Å². The zero-order valence-corrected chi connectivity index (χ0v) is 11.7. The maximum absolute atomic E-state index is 5.48. The van der Waals surface area contributed by atoms with Crippen LogP contribution in [0.4, 0.5) is 5.69 Å². The van der Waals surface area contributed by atoms with Gasteiger partial charge in [0.25, 0.3) is 0 Å². The van der Waals surface area contributed by atoms with Crippen molar-refractivity contribution in [2.24, 2.45) is 0 Å². The van der Waals surface area contributed by atoms with E-state index < -0.39 is 0 Å². The summed E-state index contributed by atoms with van der Waals surface area (Å²) in [6.07, 6.45) is 1.00. The van der Waals surface area contributed by atoms with Gasteiger partial charge in [-0.15, -0.1) is 0 Å². The third kappa shape index (κ3) is 4.11. The van der Waals surface area contributed by atoms with Crippen LogP contribution in [-0.4, -0.2) is 33.5 Å². The first-order chi connectivity index (χ1) is 8.74. The van der Waals surface area contributed by atoms with Crippen LogP contribution in [0, 0.1) is 0 Å². The van der Waals surface area contributed by atoms with Gasteiger partial charge in [-0.2, -0.15) is 0 Å². The van der Waals surface area contributed by atoms with Crippen molar-refractivity contribution in [3.05, 3.63) is 18.2 Å². The molecule has 1 atom stereocenters. The van der Waals surface area contributed by atoms with Gasteiger partial charge in [0.2, 0.25) is 0 Å². The Kier molecular flexibility index (Phi) is 6.36. The number of nitrogens with one attached hydrogen (secondary N) is 1. The lowest BCUT2D eigenvalue weighted by molar-refractivity contribution is 0.184. The Bertz CT molecular complexity index is 355. The van der Waals surface area contributed by atoms with Gasteiger partial charge in [0.15, 0.2) is 11.5 Å². The van der Waals surface area contributed by atoms with Gasteiger partial charge >= 0.3 is 0 Å². The number of hydrogen-bond acceptors (Lipinski definition) is 4. The molecule has 4 nitrogen and oxygen atoms in total. The smallest absolute Gasteiger partial charge is 0.162 e. The molecule has 1 unspecified atom stereocenters. The summed E-state index contributed by atoms with van der Waals surface area (Å²) >= 11 is 0. The van der Waals surface area contributed by atoms with Gasteiger partial charge in [-0.1, -0.05) is 6.92 Å². The molecule has 0 aliphatic heterocycles. The van der Waals surface area contributed by atoms with Gasteiger partial charge in [-0.3, -0.25) is 0 Å². The van der Waals surface area contributed by atoms with Gasteiger partial charge in [0.05, 0.1) is 20.3 Å². The Balaban J connectivity index is 2.77. The van der Waals surface area contributed by atoms with Gasteiger partial charge < -0.3 is 19.5 Å². The fourth-order valence-corrected chi connectivity index (χ4v) is 1.73. The van der Waals surface area contributed by atoms with Crippen LogP contribution >= 0.6 is 0 Å². The van der Waals surface area contributed by atoms with Crippen LogP contribution in [0.15, 0.2) is 18.2 Å². The van der Waals surface area contributed by atoms with Gasteiger partial charge in [-0.25, -0.2) is 0 Å². The first kappa shape index (κ1) is 14.6. The van der Waals surface area contributed by atoms with E-state index >= 15 is 0 Å². The lowest BCUT2D eigenvalue weighted by Crippen LogP contribution is -2.23. The van der Waals surface area contributed by atoms with Crippen LogP contribution in [0.25, 0.3) is 0 Å². The average Bonchev–Trinajstić information content (AvgIpc) is 2.40. The minimum atomic E-state index is 0.303. The molecule has 18 heavy (non-hydrogen) atoms. The van der Waals surface area contributed by atoms with Crippen LogP contribution < -0.4 is 14.8 Å². The Morgan fingerprint density at radius 1 is 1.17 bits per heavy atom. The molecule has 1 rings (SSSR count). The summed E-state index contributed by atoms with van der Waals surface area (Å²) in [5.41, 5.74) is 1.01. The van der Waals surface area contributed by atoms with Crippen LogP contribution in [0.2, 0.25) is 0 Å². The summed E-state index contributed by atoms with van der Waals surface area (Å²) in [5.74, 6) is 1.51. The van der Waals surface area contributed by atoms with Crippen LogP contribution in [0.1, 0.15) is 20.3 Å². The fraction of sp³-hybridized carbons (Fsp3) is 0.571. The van der Waals surface area contributed by atoms with E-state index in [1.54, 1.807) is 14.2 Å². The highest BCUT2D eigenvalue weighted by molar-refractivity contribution is 5.55. The van der Waals surface area contributed by atoms with Crippen LogP contribution in [0.5, 0.6) is 11.5 Å². The second-order valence-electron chi connectivity index (χ2n) is 4.00. The largest absolute Gasteiger partial charge is 0.493 e. The third-order valence-corrected chi connectivity index (χ3v) is 2.69. The summed E-state index contributed by atoms with van der Waals surface area (Å²) in [6.45, 7) is 5.40. The zero-order valence-electron chi connectivity index (χ0n) is 11.7. The Labute approximate surface area is 109 Å². The molecule has 1 aromatic carbocycles. The lowest BCUT2D eigenvalue weighted by atomic mass is 10.2. The molecule has 0 radical (unpaired) electrons. The molecule has 0 amide bonds. The summed E-state index contributed by atoms with van der Waals surface area (Å²) < 4.78 is 16.0. The topological polar surface area (TPSA) is 39.7 Å². The highest BCUT2D eigenvalue weighted by atomic mass is 16.5. The molecule has 0 spiro atoms. The van der Waals surface area contributed by atoms with Crippen molar-refractivity contribution in [3.63, 3.8) is 0 Å². The monoisotopic (exact) mass is 253 g/mol. The van der Waals surface area contributed by atoms with Crippen molar-refractivity contribution < 1.29 is 14.2 Å². The van der Waals surface area contributed by atoms with Crippen molar-refractivity contribution in [2.75, 3.05) is 32.8 Å². The molecule has 0 aliphatic carbocycles. The van der Waals surface area contributed by atoms with E-state index in [0.717, 1.165) is 23.6 Å². The van der Waals surface area contributed by atoms with Crippen molar-refractivity contribution in [3.8, 4) is 11.5 Å². The molecule has 0 fully saturated rings. The van der Waals surface area contributed by atoms with E-state index in [0.29, 0.717) is 19.3 Å². The van der Waals surface area contributed by atoms with Crippen molar-refractivity contribution in [1.29, 1.82) is 0 Å². The first-order valence-corrected chi connectivity index (χ1v) is 6.31. The number of benzene rings is 1. The molecule has 0 saturated heterocycles. The number of anilines is 1. The Morgan fingerprint density at radius 3 is 2.50 bits per heavy atom. The summed E-state index contributed by atoms with van der Waals surface area (Å²) in [4.78, 5) is 0. The second kappa shape index (κ2) is 7.82.